The summed E-state index contributed by atoms with van der Waals surface area (Å²) in [5.74, 6) is -1.49. The fourth-order valence-electron chi connectivity index (χ4n) is 4.54. The molecular weight excluding hydrogens is 497 g/mol. The molecule has 33 heavy (non-hydrogen) atoms. The third-order valence-electron chi connectivity index (χ3n) is 6.30. The standard InChI is InChI=1S/C23H25BrFN3O5/c1-23(2)32-17-10-28-18(29)9-16(26-15-7-6-13(24)8-14(15)25)19(20(28)21(17)33-23)22(30)27-31-11-12-4-3-5-12/h6-9,12,17,21,26H,3-5,10-11H2,1-2H3,(H,27,30). The van der Waals surface area contributed by atoms with Crippen molar-refractivity contribution in [1.29, 1.82) is 0 Å². The van der Waals surface area contributed by atoms with Gasteiger partial charge in [0.15, 0.2) is 5.79 Å². The average molecular weight is 522 g/mol. The van der Waals surface area contributed by atoms with E-state index in [1.165, 1.54) is 29.2 Å². The molecule has 1 saturated carbocycles. The minimum absolute atomic E-state index is 0.130. The molecular formula is C23H25BrFN3O5. The molecule has 2 aromatic rings. The van der Waals surface area contributed by atoms with Crippen molar-refractivity contribution in [1.82, 2.24) is 10.0 Å². The van der Waals surface area contributed by atoms with E-state index in [1.54, 1.807) is 19.9 Å². The number of fused-ring (bicyclic) bond motifs is 3. The van der Waals surface area contributed by atoms with Crippen molar-refractivity contribution in [2.24, 2.45) is 5.92 Å². The van der Waals surface area contributed by atoms with Crippen LogP contribution in [0.4, 0.5) is 15.8 Å². The number of rotatable bonds is 6. The molecule has 0 spiro atoms. The number of benzene rings is 1. The third-order valence-corrected chi connectivity index (χ3v) is 6.80. The second kappa shape index (κ2) is 8.50. The molecule has 1 saturated heterocycles. The second-order valence-electron chi connectivity index (χ2n) is 9.15. The lowest BCUT2D eigenvalue weighted by atomic mass is 9.86. The second-order valence-corrected chi connectivity index (χ2v) is 10.1. The fourth-order valence-corrected chi connectivity index (χ4v) is 4.87. The first-order valence-corrected chi connectivity index (χ1v) is 11.8. The minimum atomic E-state index is -0.855. The molecule has 2 unspecified atom stereocenters. The maximum absolute atomic E-state index is 14.6. The van der Waals surface area contributed by atoms with E-state index in [0.29, 0.717) is 22.7 Å². The Hall–Kier alpha value is -2.27. The van der Waals surface area contributed by atoms with Crippen LogP contribution in [0, 0.1) is 11.7 Å². The molecule has 8 nitrogen and oxygen atoms in total. The maximum atomic E-state index is 14.6. The van der Waals surface area contributed by atoms with Crippen LogP contribution in [0.3, 0.4) is 0 Å². The van der Waals surface area contributed by atoms with Crippen molar-refractivity contribution in [2.75, 3.05) is 11.9 Å². The van der Waals surface area contributed by atoms with Crippen molar-refractivity contribution in [3.63, 3.8) is 0 Å². The number of ether oxygens (including phenoxy) is 2. The minimum Gasteiger partial charge on any atom is -0.352 e. The number of amides is 1. The molecule has 2 aliphatic heterocycles. The van der Waals surface area contributed by atoms with E-state index in [2.05, 4.69) is 26.7 Å². The van der Waals surface area contributed by atoms with Gasteiger partial charge < -0.3 is 19.4 Å². The van der Waals surface area contributed by atoms with Crippen molar-refractivity contribution >= 4 is 33.2 Å². The summed E-state index contributed by atoms with van der Waals surface area (Å²) in [6.07, 6.45) is 2.30. The average Bonchev–Trinajstić information content (AvgIpc) is 3.18. The smallest absolute Gasteiger partial charge is 0.278 e. The van der Waals surface area contributed by atoms with Crippen LogP contribution < -0.4 is 16.4 Å². The summed E-state index contributed by atoms with van der Waals surface area (Å²) < 4.78 is 28.6. The SMILES string of the molecule is CC1(C)OC2Cn3c(c(C(=O)NOCC4CCC4)c(Nc4ccc(Br)cc4F)cc3=O)C2O1. The van der Waals surface area contributed by atoms with Crippen molar-refractivity contribution in [2.45, 2.75) is 57.6 Å². The highest BCUT2D eigenvalue weighted by Gasteiger charge is 2.49. The number of nitrogens with zero attached hydrogens (tertiary/aromatic N) is 1. The number of hydrogen-bond acceptors (Lipinski definition) is 6. The van der Waals surface area contributed by atoms with Gasteiger partial charge >= 0.3 is 0 Å². The van der Waals surface area contributed by atoms with Gasteiger partial charge in [-0.3, -0.25) is 14.4 Å². The molecule has 0 bridgehead atoms. The van der Waals surface area contributed by atoms with Gasteiger partial charge in [0.25, 0.3) is 11.5 Å². The van der Waals surface area contributed by atoms with E-state index in [0.717, 1.165) is 12.8 Å². The molecule has 0 radical (unpaired) electrons. The van der Waals surface area contributed by atoms with Gasteiger partial charge in [-0.15, -0.1) is 0 Å². The normalized spacial score (nSPS) is 23.0. The summed E-state index contributed by atoms with van der Waals surface area (Å²) in [5.41, 5.74) is 3.03. The Morgan fingerprint density at radius 2 is 2.06 bits per heavy atom. The molecule has 3 aliphatic rings. The Kier molecular flexibility index (Phi) is 5.80. The molecule has 1 aliphatic carbocycles. The van der Waals surface area contributed by atoms with Crippen molar-refractivity contribution in [3.8, 4) is 0 Å². The van der Waals surface area contributed by atoms with Gasteiger partial charge in [0, 0.05) is 10.5 Å². The summed E-state index contributed by atoms with van der Waals surface area (Å²) in [6, 6.07) is 5.79. The lowest BCUT2D eigenvalue weighted by Crippen LogP contribution is -2.33. The van der Waals surface area contributed by atoms with Crippen LogP contribution in [0.2, 0.25) is 0 Å². The lowest BCUT2D eigenvalue weighted by Gasteiger charge is -2.25. The Balaban J connectivity index is 1.53. The summed E-state index contributed by atoms with van der Waals surface area (Å²) >= 11 is 3.23. The van der Waals surface area contributed by atoms with Gasteiger partial charge in [-0.1, -0.05) is 22.4 Å². The van der Waals surface area contributed by atoms with Crippen molar-refractivity contribution in [3.05, 3.63) is 56.2 Å². The highest BCUT2D eigenvalue weighted by Crippen LogP contribution is 2.45. The summed E-state index contributed by atoms with van der Waals surface area (Å²) in [6.45, 7) is 4.25. The van der Waals surface area contributed by atoms with Crippen LogP contribution in [0.5, 0.6) is 0 Å². The molecule has 10 heteroatoms. The molecule has 1 aromatic carbocycles. The van der Waals surface area contributed by atoms with Crippen LogP contribution in [-0.2, 0) is 20.9 Å². The topological polar surface area (TPSA) is 90.8 Å². The molecule has 2 fully saturated rings. The molecule has 2 N–H and O–H groups in total. The van der Waals surface area contributed by atoms with Gasteiger partial charge in [0.2, 0.25) is 0 Å². The first kappa shape index (κ1) is 22.5. The highest BCUT2D eigenvalue weighted by molar-refractivity contribution is 9.10. The summed E-state index contributed by atoms with van der Waals surface area (Å²) in [4.78, 5) is 31.7. The van der Waals surface area contributed by atoms with E-state index < -0.39 is 29.7 Å². The maximum Gasteiger partial charge on any atom is 0.278 e. The number of nitrogens with one attached hydrogen (secondary N) is 2. The quantitative estimate of drug-likeness (QED) is 0.554. The number of pyridine rings is 1. The first-order valence-electron chi connectivity index (χ1n) is 11.0. The summed E-state index contributed by atoms with van der Waals surface area (Å²) in [5, 5.41) is 2.92. The number of hydroxylamine groups is 1. The van der Waals surface area contributed by atoms with Crippen LogP contribution in [0.15, 0.2) is 33.5 Å². The predicted octanol–water partition coefficient (Wildman–Crippen LogP) is 4.16. The van der Waals surface area contributed by atoms with E-state index >= 15 is 0 Å². The number of carbonyl (C=O) groups excluding carboxylic acids is 1. The zero-order valence-corrected chi connectivity index (χ0v) is 19.9. The molecule has 5 rings (SSSR count). The Morgan fingerprint density at radius 3 is 2.76 bits per heavy atom. The van der Waals surface area contributed by atoms with E-state index in [9.17, 15) is 14.0 Å². The highest BCUT2D eigenvalue weighted by atomic mass is 79.9. The van der Waals surface area contributed by atoms with E-state index in [-0.39, 0.29) is 29.0 Å². The first-order chi connectivity index (χ1) is 15.7. The van der Waals surface area contributed by atoms with E-state index in [1.807, 2.05) is 0 Å². The monoisotopic (exact) mass is 521 g/mol. The summed E-state index contributed by atoms with van der Waals surface area (Å²) in [7, 11) is 0. The van der Waals surface area contributed by atoms with Crippen molar-refractivity contribution < 1.29 is 23.5 Å². The largest absolute Gasteiger partial charge is 0.352 e. The van der Waals surface area contributed by atoms with Crippen LogP contribution in [-0.4, -0.2) is 29.0 Å². The van der Waals surface area contributed by atoms with Gasteiger partial charge in [-0.2, -0.15) is 0 Å². The molecule has 3 heterocycles. The Bertz CT molecular complexity index is 1160. The number of halogens is 2. The van der Waals surface area contributed by atoms with E-state index in [4.69, 9.17) is 14.3 Å². The fraction of sp³-hybridized carbons (Fsp3) is 0.478. The Morgan fingerprint density at radius 1 is 1.27 bits per heavy atom. The molecule has 176 valence electrons. The number of carbonyl (C=O) groups is 1. The number of anilines is 2. The Labute approximate surface area is 198 Å². The van der Waals surface area contributed by atoms with Gasteiger partial charge in [-0.05, 0) is 50.8 Å². The third kappa shape index (κ3) is 4.32. The molecule has 1 aromatic heterocycles. The molecule has 2 atom stereocenters. The van der Waals surface area contributed by atoms with Crippen LogP contribution >= 0.6 is 15.9 Å². The van der Waals surface area contributed by atoms with Gasteiger partial charge in [0.1, 0.15) is 18.0 Å². The number of aromatic nitrogens is 1. The number of hydrogen-bond donors (Lipinski definition) is 2. The van der Waals surface area contributed by atoms with Gasteiger partial charge in [-0.25, -0.2) is 9.87 Å². The molecule has 1 amide bonds. The van der Waals surface area contributed by atoms with Crippen LogP contribution in [0.1, 0.15) is 55.3 Å². The lowest BCUT2D eigenvalue weighted by molar-refractivity contribution is -0.151. The predicted molar refractivity (Wildman–Crippen MR) is 122 cm³/mol. The van der Waals surface area contributed by atoms with Crippen LogP contribution in [0.25, 0.3) is 0 Å². The zero-order valence-electron chi connectivity index (χ0n) is 18.3. The van der Waals surface area contributed by atoms with Gasteiger partial charge in [0.05, 0.1) is 35.8 Å². The zero-order chi connectivity index (χ0) is 23.3.